The highest BCUT2D eigenvalue weighted by atomic mass is 32.1. The minimum Gasteiger partial charge on any atom is -0.369 e. The zero-order valence-electron chi connectivity index (χ0n) is 11.7. The molecule has 20 heavy (non-hydrogen) atoms. The fourth-order valence-corrected chi connectivity index (χ4v) is 2.78. The first-order valence-electron chi connectivity index (χ1n) is 7.38. The van der Waals surface area contributed by atoms with Gasteiger partial charge in [-0.3, -0.25) is 4.79 Å². The molecule has 1 aliphatic rings. The van der Waals surface area contributed by atoms with E-state index in [1.807, 2.05) is 18.2 Å². The average molecular weight is 290 g/mol. The molecule has 0 spiro atoms. The first kappa shape index (κ1) is 15.0. The van der Waals surface area contributed by atoms with E-state index in [-0.39, 0.29) is 5.91 Å². The van der Waals surface area contributed by atoms with Crippen LogP contribution in [-0.4, -0.2) is 23.5 Å². The summed E-state index contributed by atoms with van der Waals surface area (Å²) in [6.45, 7) is 0.620. The molecule has 1 fully saturated rings. The van der Waals surface area contributed by atoms with E-state index in [1.54, 1.807) is 0 Å². The van der Waals surface area contributed by atoms with Gasteiger partial charge < -0.3 is 10.6 Å². The average Bonchev–Trinajstić information content (AvgIpc) is 2.49. The van der Waals surface area contributed by atoms with Crippen molar-refractivity contribution in [3.05, 3.63) is 35.9 Å². The summed E-state index contributed by atoms with van der Waals surface area (Å²) in [6.07, 6.45) is 6.84. The van der Waals surface area contributed by atoms with Crippen molar-refractivity contribution in [2.45, 2.75) is 44.6 Å². The van der Waals surface area contributed by atoms with E-state index in [4.69, 9.17) is 12.2 Å². The Morgan fingerprint density at radius 2 is 1.85 bits per heavy atom. The third kappa shape index (κ3) is 4.93. The summed E-state index contributed by atoms with van der Waals surface area (Å²) in [5.74, 6) is -0.151. The Morgan fingerprint density at radius 3 is 2.55 bits per heavy atom. The Balaban J connectivity index is 1.67. The first-order valence-corrected chi connectivity index (χ1v) is 7.79. The van der Waals surface area contributed by atoms with Crippen molar-refractivity contribution in [3.8, 4) is 0 Å². The molecule has 1 saturated carbocycles. The summed E-state index contributed by atoms with van der Waals surface area (Å²) in [7, 11) is 0. The van der Waals surface area contributed by atoms with Crippen molar-refractivity contribution in [1.29, 1.82) is 0 Å². The van der Waals surface area contributed by atoms with Gasteiger partial charge in [0.15, 0.2) is 4.99 Å². The monoisotopic (exact) mass is 290 g/mol. The Morgan fingerprint density at radius 1 is 1.15 bits per heavy atom. The van der Waals surface area contributed by atoms with Gasteiger partial charge in [0.05, 0.1) is 0 Å². The SMILES string of the molecule is O=C(NCCc1ccccc1)C(=S)NC1CCCCC1. The lowest BCUT2D eigenvalue weighted by Crippen LogP contribution is -2.44. The van der Waals surface area contributed by atoms with Crippen LogP contribution in [0, 0.1) is 0 Å². The Labute approximate surface area is 126 Å². The van der Waals surface area contributed by atoms with E-state index in [0.29, 0.717) is 17.6 Å². The summed E-state index contributed by atoms with van der Waals surface area (Å²) in [4.78, 5) is 12.2. The second kappa shape index (κ2) is 8.00. The highest BCUT2D eigenvalue weighted by molar-refractivity contribution is 7.82. The number of thiocarbonyl (C=S) groups is 1. The molecule has 0 heterocycles. The van der Waals surface area contributed by atoms with Gasteiger partial charge in [0.2, 0.25) is 0 Å². The molecule has 0 atom stereocenters. The molecule has 2 rings (SSSR count). The van der Waals surface area contributed by atoms with Crippen LogP contribution < -0.4 is 10.6 Å². The lowest BCUT2D eigenvalue weighted by Gasteiger charge is -2.23. The largest absolute Gasteiger partial charge is 0.369 e. The van der Waals surface area contributed by atoms with E-state index in [9.17, 15) is 4.79 Å². The summed E-state index contributed by atoms with van der Waals surface area (Å²) >= 11 is 5.16. The maximum Gasteiger partial charge on any atom is 0.278 e. The molecule has 0 radical (unpaired) electrons. The molecule has 2 N–H and O–H groups in total. The molecule has 0 aromatic heterocycles. The first-order chi connectivity index (χ1) is 9.75. The van der Waals surface area contributed by atoms with E-state index >= 15 is 0 Å². The Bertz CT molecular complexity index is 441. The van der Waals surface area contributed by atoms with Crippen LogP contribution in [-0.2, 0) is 11.2 Å². The van der Waals surface area contributed by atoms with Crippen molar-refractivity contribution in [2.75, 3.05) is 6.54 Å². The van der Waals surface area contributed by atoms with Gasteiger partial charge in [-0.05, 0) is 24.8 Å². The van der Waals surface area contributed by atoms with Gasteiger partial charge in [-0.15, -0.1) is 0 Å². The maximum absolute atomic E-state index is 11.9. The number of hydrogen-bond donors (Lipinski definition) is 2. The molecule has 0 bridgehead atoms. The number of carbonyl (C=O) groups excluding carboxylic acids is 1. The molecule has 1 aliphatic carbocycles. The standard InChI is InChI=1S/C16H22N2OS/c19-15(16(20)18-14-9-5-2-6-10-14)17-12-11-13-7-3-1-4-8-13/h1,3-4,7-8,14H,2,5-6,9-12H2,(H,17,19)(H,18,20). The molecular weight excluding hydrogens is 268 g/mol. The number of amides is 1. The van der Waals surface area contributed by atoms with Crippen molar-refractivity contribution < 1.29 is 4.79 Å². The fraction of sp³-hybridized carbons (Fsp3) is 0.500. The van der Waals surface area contributed by atoms with Gasteiger partial charge in [0, 0.05) is 12.6 Å². The molecule has 1 amide bonds. The van der Waals surface area contributed by atoms with Gasteiger partial charge in [0.25, 0.3) is 5.91 Å². The van der Waals surface area contributed by atoms with Gasteiger partial charge >= 0.3 is 0 Å². The van der Waals surface area contributed by atoms with Crippen molar-refractivity contribution >= 4 is 23.1 Å². The quantitative estimate of drug-likeness (QED) is 0.838. The van der Waals surface area contributed by atoms with Crippen molar-refractivity contribution in [1.82, 2.24) is 10.6 Å². The molecule has 1 aromatic rings. The predicted molar refractivity (Wildman–Crippen MR) is 85.8 cm³/mol. The second-order valence-corrected chi connectivity index (χ2v) is 5.71. The molecule has 0 aliphatic heterocycles. The van der Waals surface area contributed by atoms with Crippen LogP contribution in [0.3, 0.4) is 0 Å². The molecule has 3 nitrogen and oxygen atoms in total. The van der Waals surface area contributed by atoms with E-state index in [2.05, 4.69) is 22.8 Å². The van der Waals surface area contributed by atoms with Crippen LogP contribution in [0.1, 0.15) is 37.7 Å². The Hall–Kier alpha value is -1.42. The van der Waals surface area contributed by atoms with Crippen LogP contribution in [0.2, 0.25) is 0 Å². The molecule has 1 aromatic carbocycles. The summed E-state index contributed by atoms with van der Waals surface area (Å²) in [5, 5.41) is 6.06. The van der Waals surface area contributed by atoms with Crippen LogP contribution in [0.5, 0.6) is 0 Å². The molecule has 0 unspecified atom stereocenters. The molecule has 4 heteroatoms. The van der Waals surface area contributed by atoms with E-state index < -0.39 is 0 Å². The number of rotatable bonds is 4. The van der Waals surface area contributed by atoms with Crippen molar-refractivity contribution in [3.63, 3.8) is 0 Å². The number of hydrogen-bond acceptors (Lipinski definition) is 2. The normalized spacial score (nSPS) is 15.6. The zero-order valence-corrected chi connectivity index (χ0v) is 12.5. The van der Waals surface area contributed by atoms with Gasteiger partial charge in [-0.25, -0.2) is 0 Å². The summed E-state index contributed by atoms with van der Waals surface area (Å²) in [6, 6.07) is 10.5. The molecule has 108 valence electrons. The predicted octanol–water partition coefficient (Wildman–Crippen LogP) is 2.60. The van der Waals surface area contributed by atoms with Crippen molar-refractivity contribution in [2.24, 2.45) is 0 Å². The molecule has 0 saturated heterocycles. The zero-order chi connectivity index (χ0) is 14.2. The van der Waals surface area contributed by atoms with Crippen LogP contribution in [0.4, 0.5) is 0 Å². The van der Waals surface area contributed by atoms with Gasteiger partial charge in [0.1, 0.15) is 0 Å². The highest BCUT2D eigenvalue weighted by Gasteiger charge is 2.17. The lowest BCUT2D eigenvalue weighted by molar-refractivity contribution is -0.114. The summed E-state index contributed by atoms with van der Waals surface area (Å²) < 4.78 is 0. The number of nitrogens with one attached hydrogen (secondary N) is 2. The fourth-order valence-electron chi connectivity index (χ4n) is 2.54. The van der Waals surface area contributed by atoms with E-state index in [1.165, 1.54) is 24.8 Å². The van der Waals surface area contributed by atoms with Crippen LogP contribution in [0.15, 0.2) is 30.3 Å². The Kier molecular flexibility index (Phi) is 5.99. The smallest absolute Gasteiger partial charge is 0.278 e. The summed E-state index contributed by atoms with van der Waals surface area (Å²) in [5.41, 5.74) is 1.22. The highest BCUT2D eigenvalue weighted by Crippen LogP contribution is 2.17. The number of carbonyl (C=O) groups is 1. The topological polar surface area (TPSA) is 41.1 Å². The van der Waals surface area contributed by atoms with Crippen LogP contribution in [0.25, 0.3) is 0 Å². The lowest BCUT2D eigenvalue weighted by atomic mass is 9.95. The maximum atomic E-state index is 11.9. The van der Waals surface area contributed by atoms with E-state index in [0.717, 1.165) is 19.3 Å². The van der Waals surface area contributed by atoms with Gasteiger partial charge in [-0.1, -0.05) is 61.8 Å². The molecular formula is C16H22N2OS. The van der Waals surface area contributed by atoms with Crippen LogP contribution >= 0.6 is 12.2 Å². The number of benzene rings is 1. The van der Waals surface area contributed by atoms with Gasteiger partial charge in [-0.2, -0.15) is 0 Å². The minimum absolute atomic E-state index is 0.151. The third-order valence-electron chi connectivity index (χ3n) is 3.69. The second-order valence-electron chi connectivity index (χ2n) is 5.30. The third-order valence-corrected chi connectivity index (χ3v) is 3.99. The minimum atomic E-state index is -0.151.